The molecule has 1 spiro atoms. The van der Waals surface area contributed by atoms with Crippen molar-refractivity contribution in [3.63, 3.8) is 0 Å². The molecule has 5 heteroatoms. The normalized spacial score (nSPS) is 12.9. The summed E-state index contributed by atoms with van der Waals surface area (Å²) in [5.74, 6) is 0. The first kappa shape index (κ1) is 59.0. The van der Waals surface area contributed by atoms with Crippen LogP contribution in [0.25, 0.3) is 72.0 Å². The van der Waals surface area contributed by atoms with Gasteiger partial charge in [0.25, 0.3) is 0 Å². The molecule has 96 heavy (non-hydrogen) atoms. The third-order valence-corrected chi connectivity index (χ3v) is 19.1. The van der Waals surface area contributed by atoms with Crippen molar-refractivity contribution in [2.45, 2.75) is 5.41 Å². The summed E-state index contributed by atoms with van der Waals surface area (Å²) in [6, 6.07) is 139. The maximum atomic E-state index is 3.38. The number of hydrogen-bond acceptors (Lipinski definition) is 3. The summed E-state index contributed by atoms with van der Waals surface area (Å²) in [6.45, 7) is 0. The van der Waals surface area contributed by atoms with Crippen molar-refractivity contribution in [1.82, 2.24) is 4.57 Å². The lowest BCUT2D eigenvalue weighted by Crippen LogP contribution is -2.26. The zero-order valence-corrected chi connectivity index (χ0v) is 54.3. The van der Waals surface area contributed by atoms with Gasteiger partial charge >= 0.3 is 0 Å². The van der Waals surface area contributed by atoms with Crippen molar-refractivity contribution in [1.29, 1.82) is 0 Å². The minimum absolute atomic E-state index is 0.588. The lowest BCUT2D eigenvalue weighted by Gasteiger charge is -2.33. The molecule has 2 aliphatic rings. The highest BCUT2D eigenvalue weighted by molar-refractivity contribution is 9.10. The van der Waals surface area contributed by atoms with Crippen LogP contribution in [0, 0.1) is 0 Å². The first-order chi connectivity index (χ1) is 47.5. The highest BCUT2D eigenvalue weighted by Gasteiger charge is 2.52. The molecule has 0 amide bonds. The van der Waals surface area contributed by atoms with E-state index in [0.29, 0.717) is 0 Å². The maximum Gasteiger partial charge on any atom is 0.0727 e. The van der Waals surface area contributed by atoms with E-state index in [4.69, 9.17) is 0 Å². The molecule has 15 aromatic carbocycles. The van der Waals surface area contributed by atoms with Crippen LogP contribution in [-0.4, -0.2) is 4.57 Å². The standard InChI is InChI=1S/C67H45N3.C18H15N.C6H5Br/c1-5-19-46(20-6-1)47-33-35-51(36-34-47)68(48-21-7-2-8-22-48)52-37-40-57-55-27-13-16-30-61(55)67(63(57)43-52)62-31-17-14-28-56(62)58-41-38-53(44-64(58)67)69(49-23-9-3-10-24-49)54-39-42-60-59-29-15-18-32-65(59)70(66(60)45-54)50-25-11-4-12-26-50;1-3-7-15(8-4-1)16-11-13-18(14-12-16)19-17-9-5-2-6-10-17;7-6-4-2-1-3-5-6/h1-45H;1-14,19H;1-5H. The molecule has 1 aromatic heterocycles. The van der Waals surface area contributed by atoms with Crippen LogP contribution in [0.4, 0.5) is 45.5 Å². The Labute approximate surface area is 569 Å². The SMILES string of the molecule is Brc1ccccc1.c1ccc(-c2ccc(N(c3ccccc3)c3ccc4c(c3)C3(c5ccccc5-4)c4ccccc4-c4ccc(N(c5ccccc5)c5ccc6c7ccccc7n(-c7ccccc7)c6c5)cc43)cc2)cc1.c1ccc(Nc2ccc(-c3ccccc3)cc2)cc1. The first-order valence-electron chi connectivity index (χ1n) is 32.7. The van der Waals surface area contributed by atoms with Gasteiger partial charge in [0.15, 0.2) is 0 Å². The molecule has 0 saturated heterocycles. The van der Waals surface area contributed by atoms with Crippen LogP contribution >= 0.6 is 15.9 Å². The average Bonchev–Trinajstić information content (AvgIpc) is 1.49. The summed E-state index contributed by atoms with van der Waals surface area (Å²) in [4.78, 5) is 4.85. The predicted octanol–water partition coefficient (Wildman–Crippen LogP) is 25.3. The van der Waals surface area contributed by atoms with Crippen molar-refractivity contribution in [2.75, 3.05) is 15.1 Å². The third kappa shape index (κ3) is 11.1. The van der Waals surface area contributed by atoms with E-state index in [1.165, 1.54) is 88.6 Å². The van der Waals surface area contributed by atoms with E-state index in [-0.39, 0.29) is 0 Å². The Balaban J connectivity index is 0.000000231. The van der Waals surface area contributed by atoms with Gasteiger partial charge in [-0.25, -0.2) is 0 Å². The second kappa shape index (κ2) is 26.2. The molecular formula is C91H65BrN4. The van der Waals surface area contributed by atoms with E-state index < -0.39 is 5.41 Å². The van der Waals surface area contributed by atoms with Crippen LogP contribution < -0.4 is 15.1 Å². The van der Waals surface area contributed by atoms with Gasteiger partial charge in [-0.2, -0.15) is 0 Å². The van der Waals surface area contributed by atoms with E-state index >= 15 is 0 Å². The monoisotopic (exact) mass is 1290 g/mol. The lowest BCUT2D eigenvalue weighted by molar-refractivity contribution is 0.793. The Morgan fingerprint density at radius 3 is 1.12 bits per heavy atom. The van der Waals surface area contributed by atoms with Crippen molar-refractivity contribution in [3.8, 4) is 50.2 Å². The Morgan fingerprint density at radius 1 is 0.250 bits per heavy atom. The quantitative estimate of drug-likeness (QED) is 0.140. The number of para-hydroxylation sites is 5. The molecular weight excluding hydrogens is 1230 g/mol. The molecule has 16 aromatic rings. The molecule has 18 rings (SSSR count). The van der Waals surface area contributed by atoms with Gasteiger partial charge in [-0.05, 0) is 194 Å². The van der Waals surface area contributed by atoms with Gasteiger partial charge in [0.1, 0.15) is 0 Å². The van der Waals surface area contributed by atoms with Crippen LogP contribution in [0.15, 0.2) is 393 Å². The fourth-order valence-electron chi connectivity index (χ4n) is 14.3. The minimum atomic E-state index is -0.588. The molecule has 1 N–H and O–H groups in total. The smallest absolute Gasteiger partial charge is 0.0727 e. The Hall–Kier alpha value is -12.0. The van der Waals surface area contributed by atoms with Crippen molar-refractivity contribution < 1.29 is 0 Å². The molecule has 0 fully saturated rings. The Bertz CT molecular complexity index is 5340. The number of halogens is 1. The van der Waals surface area contributed by atoms with Crippen LogP contribution in [0.5, 0.6) is 0 Å². The molecule has 456 valence electrons. The first-order valence-corrected chi connectivity index (χ1v) is 33.5. The van der Waals surface area contributed by atoms with Crippen molar-refractivity contribution in [2.24, 2.45) is 0 Å². The molecule has 0 saturated carbocycles. The lowest BCUT2D eigenvalue weighted by atomic mass is 9.70. The van der Waals surface area contributed by atoms with Gasteiger partial charge in [0.2, 0.25) is 0 Å². The number of fused-ring (bicyclic) bond motifs is 13. The van der Waals surface area contributed by atoms with E-state index in [9.17, 15) is 0 Å². The molecule has 1 unspecified atom stereocenters. The molecule has 1 heterocycles. The van der Waals surface area contributed by atoms with E-state index in [2.05, 4.69) is 369 Å². The van der Waals surface area contributed by atoms with Gasteiger partial charge < -0.3 is 19.7 Å². The van der Waals surface area contributed by atoms with Gasteiger partial charge in [-0.15, -0.1) is 0 Å². The second-order valence-electron chi connectivity index (χ2n) is 24.2. The van der Waals surface area contributed by atoms with Gasteiger partial charge in [-0.3, -0.25) is 0 Å². The summed E-state index contributed by atoms with van der Waals surface area (Å²) in [7, 11) is 0. The largest absolute Gasteiger partial charge is 0.356 e. The summed E-state index contributed by atoms with van der Waals surface area (Å²) >= 11 is 3.31. The van der Waals surface area contributed by atoms with Crippen LogP contribution in [-0.2, 0) is 5.41 Å². The van der Waals surface area contributed by atoms with Crippen molar-refractivity contribution in [3.05, 3.63) is 415 Å². The molecule has 0 radical (unpaired) electrons. The van der Waals surface area contributed by atoms with Gasteiger partial charge in [0.05, 0.1) is 16.4 Å². The van der Waals surface area contributed by atoms with Crippen molar-refractivity contribution >= 4 is 83.2 Å². The zero-order valence-electron chi connectivity index (χ0n) is 52.7. The zero-order chi connectivity index (χ0) is 64.2. The number of hydrogen-bond donors (Lipinski definition) is 1. The molecule has 2 aliphatic carbocycles. The topological polar surface area (TPSA) is 23.4 Å². The second-order valence-corrected chi connectivity index (χ2v) is 25.1. The summed E-state index contributed by atoms with van der Waals surface area (Å²) in [5.41, 5.74) is 26.9. The van der Waals surface area contributed by atoms with Gasteiger partial charge in [-0.1, -0.05) is 277 Å². The van der Waals surface area contributed by atoms with E-state index in [1.54, 1.807) is 0 Å². The molecule has 0 aliphatic heterocycles. The number of aromatic nitrogens is 1. The highest BCUT2D eigenvalue weighted by Crippen LogP contribution is 2.64. The highest BCUT2D eigenvalue weighted by atomic mass is 79.9. The number of nitrogens with zero attached hydrogens (tertiary/aromatic N) is 3. The number of rotatable bonds is 11. The average molecular weight is 1290 g/mol. The third-order valence-electron chi connectivity index (χ3n) is 18.6. The van der Waals surface area contributed by atoms with Gasteiger partial charge in [0, 0.05) is 66.4 Å². The summed E-state index contributed by atoms with van der Waals surface area (Å²) in [6.07, 6.45) is 0. The number of anilines is 8. The molecule has 0 bridgehead atoms. The fraction of sp³-hybridized carbons (Fsp3) is 0.0110. The summed E-state index contributed by atoms with van der Waals surface area (Å²) < 4.78 is 3.54. The number of benzene rings is 15. The van der Waals surface area contributed by atoms with E-state index in [1.807, 2.05) is 54.6 Å². The van der Waals surface area contributed by atoms with Crippen LogP contribution in [0.1, 0.15) is 22.3 Å². The number of nitrogens with one attached hydrogen (secondary N) is 1. The predicted molar refractivity (Wildman–Crippen MR) is 408 cm³/mol. The fourth-order valence-corrected chi connectivity index (χ4v) is 14.6. The maximum absolute atomic E-state index is 3.38. The van der Waals surface area contributed by atoms with E-state index in [0.717, 1.165) is 55.7 Å². The molecule has 4 nitrogen and oxygen atoms in total. The summed E-state index contributed by atoms with van der Waals surface area (Å²) in [5, 5.41) is 5.85. The Kier molecular flexibility index (Phi) is 16.1. The van der Waals surface area contributed by atoms with Crippen LogP contribution in [0.2, 0.25) is 0 Å². The minimum Gasteiger partial charge on any atom is -0.356 e. The molecule has 1 atom stereocenters. The Morgan fingerprint density at radius 2 is 0.604 bits per heavy atom. The van der Waals surface area contributed by atoms with Crippen LogP contribution in [0.3, 0.4) is 0 Å².